The highest BCUT2D eigenvalue weighted by atomic mass is 16.4. The van der Waals surface area contributed by atoms with Crippen LogP contribution >= 0.6 is 0 Å². The summed E-state index contributed by atoms with van der Waals surface area (Å²) >= 11 is 0. The zero-order valence-corrected chi connectivity index (χ0v) is 10.3. The summed E-state index contributed by atoms with van der Waals surface area (Å²) in [5, 5.41) is 12.6. The lowest BCUT2D eigenvalue weighted by Gasteiger charge is -2.30. The SMILES string of the molecule is CC(C)(C)NC1Cc2cnccc2N1C(=O)O. The Hall–Kier alpha value is -1.62. The minimum absolute atomic E-state index is 0.131. The molecule has 2 heterocycles. The third kappa shape index (κ3) is 2.39. The average Bonchev–Trinajstić information content (AvgIpc) is 2.51. The van der Waals surface area contributed by atoms with Crippen LogP contribution < -0.4 is 10.2 Å². The molecule has 92 valence electrons. The van der Waals surface area contributed by atoms with E-state index in [4.69, 9.17) is 0 Å². The molecular weight excluding hydrogens is 218 g/mol. The molecule has 0 aliphatic carbocycles. The Morgan fingerprint density at radius 3 is 2.88 bits per heavy atom. The Kier molecular flexibility index (Phi) is 2.79. The van der Waals surface area contributed by atoms with Crippen LogP contribution in [-0.4, -0.2) is 27.9 Å². The van der Waals surface area contributed by atoms with Crippen LogP contribution in [0.15, 0.2) is 18.5 Å². The topological polar surface area (TPSA) is 65.5 Å². The van der Waals surface area contributed by atoms with E-state index in [9.17, 15) is 9.90 Å². The summed E-state index contributed by atoms with van der Waals surface area (Å²) in [6.07, 6.45) is 2.86. The van der Waals surface area contributed by atoms with Gasteiger partial charge in [0.1, 0.15) is 0 Å². The van der Waals surface area contributed by atoms with Crippen molar-refractivity contribution in [2.45, 2.75) is 38.9 Å². The molecule has 0 bridgehead atoms. The summed E-state index contributed by atoms with van der Waals surface area (Å²) in [5.41, 5.74) is 1.57. The summed E-state index contributed by atoms with van der Waals surface area (Å²) < 4.78 is 0. The van der Waals surface area contributed by atoms with Crippen molar-refractivity contribution in [1.82, 2.24) is 10.3 Å². The number of aromatic nitrogens is 1. The van der Waals surface area contributed by atoms with Gasteiger partial charge in [-0.2, -0.15) is 0 Å². The van der Waals surface area contributed by atoms with Gasteiger partial charge in [0, 0.05) is 24.4 Å². The number of carbonyl (C=O) groups is 1. The minimum Gasteiger partial charge on any atom is -0.465 e. The smallest absolute Gasteiger partial charge is 0.413 e. The van der Waals surface area contributed by atoms with Gasteiger partial charge in [-0.15, -0.1) is 0 Å². The number of amides is 1. The lowest BCUT2D eigenvalue weighted by molar-refractivity contribution is 0.196. The van der Waals surface area contributed by atoms with E-state index in [1.165, 1.54) is 4.90 Å². The van der Waals surface area contributed by atoms with Crippen molar-refractivity contribution in [3.63, 3.8) is 0 Å². The molecule has 1 aliphatic rings. The number of nitrogens with zero attached hydrogens (tertiary/aromatic N) is 2. The van der Waals surface area contributed by atoms with Gasteiger partial charge in [-0.1, -0.05) is 0 Å². The molecule has 1 atom stereocenters. The van der Waals surface area contributed by atoms with E-state index in [2.05, 4.69) is 10.3 Å². The molecule has 17 heavy (non-hydrogen) atoms. The molecule has 1 aromatic rings. The van der Waals surface area contributed by atoms with Gasteiger partial charge in [0.05, 0.1) is 11.9 Å². The van der Waals surface area contributed by atoms with Crippen molar-refractivity contribution >= 4 is 11.8 Å². The van der Waals surface area contributed by atoms with Gasteiger partial charge in [0.2, 0.25) is 0 Å². The zero-order valence-electron chi connectivity index (χ0n) is 10.3. The summed E-state index contributed by atoms with van der Waals surface area (Å²) in [6.45, 7) is 6.07. The molecule has 0 radical (unpaired) electrons. The van der Waals surface area contributed by atoms with Gasteiger partial charge in [-0.3, -0.25) is 15.2 Å². The second-order valence-electron chi connectivity index (χ2n) is 5.27. The Labute approximate surface area is 100 Å². The fraction of sp³-hybridized carbons (Fsp3) is 0.500. The summed E-state index contributed by atoms with van der Waals surface area (Å²) in [5.74, 6) is 0. The van der Waals surface area contributed by atoms with Crippen LogP contribution in [0.5, 0.6) is 0 Å². The van der Waals surface area contributed by atoms with E-state index in [0.29, 0.717) is 6.42 Å². The monoisotopic (exact) mass is 235 g/mol. The molecule has 1 unspecified atom stereocenters. The van der Waals surface area contributed by atoms with Gasteiger partial charge in [-0.25, -0.2) is 4.79 Å². The first-order valence-corrected chi connectivity index (χ1v) is 5.61. The van der Waals surface area contributed by atoms with Gasteiger partial charge in [-0.05, 0) is 32.4 Å². The average molecular weight is 235 g/mol. The second-order valence-corrected chi connectivity index (χ2v) is 5.27. The highest BCUT2D eigenvalue weighted by molar-refractivity contribution is 5.89. The first kappa shape index (κ1) is 11.9. The van der Waals surface area contributed by atoms with Crippen molar-refractivity contribution in [3.05, 3.63) is 24.0 Å². The first-order valence-electron chi connectivity index (χ1n) is 5.61. The molecule has 0 saturated heterocycles. The number of nitrogens with one attached hydrogen (secondary N) is 1. The largest absolute Gasteiger partial charge is 0.465 e. The molecule has 2 N–H and O–H groups in total. The molecule has 0 spiro atoms. The van der Waals surface area contributed by atoms with Crippen LogP contribution in [0.3, 0.4) is 0 Å². The van der Waals surface area contributed by atoms with E-state index >= 15 is 0 Å². The fourth-order valence-corrected chi connectivity index (χ4v) is 2.13. The van der Waals surface area contributed by atoms with E-state index in [-0.39, 0.29) is 11.7 Å². The van der Waals surface area contributed by atoms with Gasteiger partial charge in [0.15, 0.2) is 0 Å². The maximum atomic E-state index is 11.3. The molecule has 5 heteroatoms. The van der Waals surface area contributed by atoms with Crippen LogP contribution in [-0.2, 0) is 6.42 Å². The molecule has 1 aliphatic heterocycles. The van der Waals surface area contributed by atoms with E-state index < -0.39 is 6.09 Å². The number of rotatable bonds is 1. The van der Waals surface area contributed by atoms with E-state index in [1.807, 2.05) is 20.8 Å². The molecule has 0 saturated carbocycles. The van der Waals surface area contributed by atoms with E-state index in [1.54, 1.807) is 18.5 Å². The maximum Gasteiger partial charge on any atom is 0.413 e. The fourth-order valence-electron chi connectivity index (χ4n) is 2.13. The van der Waals surface area contributed by atoms with Gasteiger partial charge >= 0.3 is 6.09 Å². The first-order chi connectivity index (χ1) is 7.88. The number of hydrogen-bond acceptors (Lipinski definition) is 3. The van der Waals surface area contributed by atoms with Crippen molar-refractivity contribution < 1.29 is 9.90 Å². The highest BCUT2D eigenvalue weighted by Crippen LogP contribution is 2.31. The predicted octanol–water partition coefficient (Wildman–Crippen LogP) is 1.84. The molecule has 1 amide bonds. The highest BCUT2D eigenvalue weighted by Gasteiger charge is 2.35. The van der Waals surface area contributed by atoms with Crippen LogP contribution in [0.2, 0.25) is 0 Å². The minimum atomic E-state index is -0.934. The van der Waals surface area contributed by atoms with Crippen molar-refractivity contribution in [2.24, 2.45) is 0 Å². The van der Waals surface area contributed by atoms with Crippen LogP contribution in [0.25, 0.3) is 0 Å². The second kappa shape index (κ2) is 4.00. The Bertz CT molecular complexity index is 440. The number of hydrogen-bond donors (Lipinski definition) is 2. The number of carboxylic acid groups (broad SMARTS) is 1. The molecule has 0 aromatic carbocycles. The third-order valence-corrected chi connectivity index (χ3v) is 2.67. The summed E-state index contributed by atoms with van der Waals surface area (Å²) in [6, 6.07) is 1.74. The van der Waals surface area contributed by atoms with Crippen LogP contribution in [0.4, 0.5) is 10.5 Å². The van der Waals surface area contributed by atoms with Crippen molar-refractivity contribution in [1.29, 1.82) is 0 Å². The van der Waals surface area contributed by atoms with Crippen LogP contribution in [0, 0.1) is 0 Å². The quantitative estimate of drug-likeness (QED) is 0.779. The number of pyridine rings is 1. The molecule has 0 fully saturated rings. The maximum absolute atomic E-state index is 11.3. The normalized spacial score (nSPS) is 19.2. The molecule has 2 rings (SSSR count). The molecule has 5 nitrogen and oxygen atoms in total. The lowest BCUT2D eigenvalue weighted by atomic mass is 10.1. The standard InChI is InChI=1S/C12H17N3O2/c1-12(2,3)14-10-6-8-7-13-5-4-9(8)15(10)11(16)17/h4-5,7,10,14H,6H2,1-3H3,(H,16,17). The van der Waals surface area contributed by atoms with Crippen molar-refractivity contribution in [3.8, 4) is 0 Å². The Morgan fingerprint density at radius 1 is 1.59 bits per heavy atom. The van der Waals surface area contributed by atoms with Gasteiger partial charge in [0.25, 0.3) is 0 Å². The third-order valence-electron chi connectivity index (χ3n) is 2.67. The van der Waals surface area contributed by atoms with Gasteiger partial charge < -0.3 is 5.11 Å². The number of fused-ring (bicyclic) bond motifs is 1. The molecule has 1 aromatic heterocycles. The van der Waals surface area contributed by atoms with Crippen LogP contribution in [0.1, 0.15) is 26.3 Å². The van der Waals surface area contributed by atoms with Crippen molar-refractivity contribution in [2.75, 3.05) is 4.90 Å². The number of anilines is 1. The summed E-state index contributed by atoms with van der Waals surface area (Å²) in [4.78, 5) is 16.7. The summed E-state index contributed by atoms with van der Waals surface area (Å²) in [7, 11) is 0. The Balaban J connectivity index is 2.30. The predicted molar refractivity (Wildman–Crippen MR) is 65.1 cm³/mol. The molecular formula is C12H17N3O2. The zero-order chi connectivity index (χ0) is 12.6. The lowest BCUT2D eigenvalue weighted by Crippen LogP contribution is -2.53. The Morgan fingerprint density at radius 2 is 2.29 bits per heavy atom. The van der Waals surface area contributed by atoms with E-state index in [0.717, 1.165) is 11.3 Å².